The lowest BCUT2D eigenvalue weighted by Gasteiger charge is -2.12. The lowest BCUT2D eigenvalue weighted by Crippen LogP contribution is -2.30. The summed E-state index contributed by atoms with van der Waals surface area (Å²) in [6, 6.07) is 30.3. The minimum atomic E-state index is -0.520. The first-order chi connectivity index (χ1) is 19.3. The summed E-state index contributed by atoms with van der Waals surface area (Å²) in [7, 11) is 0. The van der Waals surface area contributed by atoms with E-state index in [9.17, 15) is 14.4 Å². The summed E-state index contributed by atoms with van der Waals surface area (Å²) in [5.74, 6) is -0.645. The van der Waals surface area contributed by atoms with Gasteiger partial charge in [-0.25, -0.2) is 0 Å². The Kier molecular flexibility index (Phi) is 9.44. The van der Waals surface area contributed by atoms with E-state index in [2.05, 4.69) is 36.6 Å². The van der Waals surface area contributed by atoms with Crippen LogP contribution in [0.1, 0.15) is 57.2 Å². The molecule has 0 aliphatic carbocycles. The second kappa shape index (κ2) is 13.4. The van der Waals surface area contributed by atoms with Crippen molar-refractivity contribution in [1.29, 1.82) is 0 Å². The minimum absolute atomic E-state index is 0.0442. The number of carbonyl (C=O) groups excluding carboxylic acids is 3. The summed E-state index contributed by atoms with van der Waals surface area (Å²) >= 11 is 6.10. The molecule has 0 fully saturated rings. The highest BCUT2D eigenvalue weighted by Crippen LogP contribution is 2.18. The van der Waals surface area contributed by atoms with Crippen molar-refractivity contribution in [2.24, 2.45) is 0 Å². The van der Waals surface area contributed by atoms with Crippen LogP contribution >= 0.6 is 11.6 Å². The van der Waals surface area contributed by atoms with E-state index in [0.29, 0.717) is 33.3 Å². The van der Waals surface area contributed by atoms with Crippen molar-refractivity contribution < 1.29 is 14.4 Å². The van der Waals surface area contributed by atoms with E-state index in [0.717, 1.165) is 5.56 Å². The summed E-state index contributed by atoms with van der Waals surface area (Å²) in [6.45, 7) is 4.27. The number of nitrogens with one attached hydrogen (secondary N) is 2. The lowest BCUT2D eigenvalue weighted by atomic mass is 10.0. The number of carbonyl (C=O) groups is 3. The molecule has 0 heterocycles. The van der Waals surface area contributed by atoms with Gasteiger partial charge in [0.2, 0.25) is 0 Å². The number of hydrogen-bond donors (Lipinski definition) is 2. The van der Waals surface area contributed by atoms with E-state index in [1.807, 2.05) is 12.1 Å². The number of rotatable bonds is 9. The molecule has 40 heavy (non-hydrogen) atoms. The predicted molar refractivity (Wildman–Crippen MR) is 162 cm³/mol. The number of hydrogen-bond acceptors (Lipinski definition) is 3. The first kappa shape index (κ1) is 28.3. The molecule has 2 N–H and O–H groups in total. The van der Waals surface area contributed by atoms with Gasteiger partial charge < -0.3 is 10.6 Å². The van der Waals surface area contributed by atoms with Crippen LogP contribution in [-0.2, 0) is 4.79 Å². The van der Waals surface area contributed by atoms with Crippen molar-refractivity contribution in [3.8, 4) is 0 Å². The van der Waals surface area contributed by atoms with Crippen LogP contribution in [0, 0.1) is 0 Å². The third kappa shape index (κ3) is 7.88. The molecule has 0 aliphatic heterocycles. The maximum Gasteiger partial charge on any atom is 0.272 e. The largest absolute Gasteiger partial charge is 0.321 e. The van der Waals surface area contributed by atoms with E-state index < -0.39 is 11.8 Å². The molecule has 0 aromatic heterocycles. The first-order valence-electron chi connectivity index (χ1n) is 12.9. The van der Waals surface area contributed by atoms with Gasteiger partial charge >= 0.3 is 0 Å². The molecule has 0 aliphatic rings. The molecular weight excluding hydrogens is 520 g/mol. The van der Waals surface area contributed by atoms with Gasteiger partial charge in [-0.15, -0.1) is 0 Å². The smallest absolute Gasteiger partial charge is 0.272 e. The summed E-state index contributed by atoms with van der Waals surface area (Å²) in [6.07, 6.45) is 4.87. The van der Waals surface area contributed by atoms with Crippen LogP contribution in [0.5, 0.6) is 0 Å². The van der Waals surface area contributed by atoms with Crippen LogP contribution in [0.4, 0.5) is 5.69 Å². The first-order valence-corrected chi connectivity index (χ1v) is 13.2. The zero-order valence-corrected chi connectivity index (χ0v) is 23.0. The van der Waals surface area contributed by atoms with E-state index in [-0.39, 0.29) is 11.5 Å². The standard InChI is InChI=1S/C34H29ClN2O3/c1-23(2)26-14-11-24(12-15-26)13-20-32(38)27-16-18-30(19-17-27)36-34(40)31(22-25-7-6-10-29(35)21-25)37-33(39)28-8-4-3-5-9-28/h3-23H,1-2H3,(H,36,40)(H,37,39)/b20-13+,31-22-. The van der Waals surface area contributed by atoms with Crippen molar-refractivity contribution in [3.05, 3.63) is 148 Å². The van der Waals surface area contributed by atoms with E-state index in [4.69, 9.17) is 11.6 Å². The molecular formula is C34H29ClN2O3. The van der Waals surface area contributed by atoms with Crippen molar-refractivity contribution in [3.63, 3.8) is 0 Å². The zero-order chi connectivity index (χ0) is 28.5. The molecule has 5 nitrogen and oxygen atoms in total. The number of amides is 2. The van der Waals surface area contributed by atoms with Crippen molar-refractivity contribution in [1.82, 2.24) is 5.32 Å². The fraction of sp³-hybridized carbons (Fsp3) is 0.0882. The average molecular weight is 549 g/mol. The average Bonchev–Trinajstić information content (AvgIpc) is 2.96. The molecule has 2 amide bonds. The van der Waals surface area contributed by atoms with Crippen molar-refractivity contribution >= 4 is 47.0 Å². The van der Waals surface area contributed by atoms with Gasteiger partial charge in [0.15, 0.2) is 5.78 Å². The Bertz CT molecular complexity index is 1560. The lowest BCUT2D eigenvalue weighted by molar-refractivity contribution is -0.113. The molecule has 0 spiro atoms. The second-order valence-electron chi connectivity index (χ2n) is 9.48. The summed E-state index contributed by atoms with van der Waals surface area (Å²) in [4.78, 5) is 38.7. The van der Waals surface area contributed by atoms with Crippen LogP contribution < -0.4 is 10.6 Å². The third-order valence-electron chi connectivity index (χ3n) is 6.15. The Balaban J connectivity index is 1.47. The van der Waals surface area contributed by atoms with Crippen LogP contribution in [0.3, 0.4) is 0 Å². The molecule has 4 aromatic carbocycles. The van der Waals surface area contributed by atoms with E-state index in [1.54, 1.807) is 91.0 Å². The third-order valence-corrected chi connectivity index (χ3v) is 6.38. The molecule has 0 radical (unpaired) electrons. The SMILES string of the molecule is CC(C)c1ccc(/C=C/C(=O)c2ccc(NC(=O)/C(=C/c3cccc(Cl)c3)NC(=O)c3ccccc3)cc2)cc1. The maximum atomic E-state index is 13.2. The highest BCUT2D eigenvalue weighted by molar-refractivity contribution is 6.30. The van der Waals surface area contributed by atoms with Gasteiger partial charge in [0.05, 0.1) is 0 Å². The van der Waals surface area contributed by atoms with Gasteiger partial charge in [-0.3, -0.25) is 14.4 Å². The number of allylic oxidation sites excluding steroid dienone is 1. The fourth-order valence-corrected chi connectivity index (χ4v) is 4.08. The molecule has 4 rings (SSSR count). The Labute approximate surface area is 239 Å². The molecule has 0 saturated heterocycles. The zero-order valence-electron chi connectivity index (χ0n) is 22.2. The monoisotopic (exact) mass is 548 g/mol. The second-order valence-corrected chi connectivity index (χ2v) is 9.92. The van der Waals surface area contributed by atoms with Gasteiger partial charge in [0.1, 0.15) is 5.70 Å². The Morgan fingerprint density at radius 3 is 2.10 bits per heavy atom. The Morgan fingerprint density at radius 1 is 0.750 bits per heavy atom. The van der Waals surface area contributed by atoms with Crippen molar-refractivity contribution in [2.75, 3.05) is 5.32 Å². The quantitative estimate of drug-likeness (QED) is 0.166. The van der Waals surface area contributed by atoms with Gasteiger partial charge in [-0.2, -0.15) is 0 Å². The Morgan fingerprint density at radius 2 is 1.45 bits per heavy atom. The molecule has 0 saturated carbocycles. The fourth-order valence-electron chi connectivity index (χ4n) is 3.88. The highest BCUT2D eigenvalue weighted by Gasteiger charge is 2.15. The van der Waals surface area contributed by atoms with Gasteiger partial charge in [-0.05, 0) is 83.3 Å². The Hall–Kier alpha value is -4.74. The van der Waals surface area contributed by atoms with Gasteiger partial charge in [-0.1, -0.05) is 86.1 Å². The van der Waals surface area contributed by atoms with E-state index >= 15 is 0 Å². The topological polar surface area (TPSA) is 75.3 Å². The predicted octanol–water partition coefficient (Wildman–Crippen LogP) is 7.77. The number of halogens is 1. The van der Waals surface area contributed by atoms with Crippen LogP contribution in [0.15, 0.2) is 115 Å². The molecule has 0 atom stereocenters. The van der Waals surface area contributed by atoms with Crippen LogP contribution in [-0.4, -0.2) is 17.6 Å². The molecule has 0 bridgehead atoms. The normalized spacial score (nSPS) is 11.4. The summed E-state index contributed by atoms with van der Waals surface area (Å²) < 4.78 is 0. The number of benzene rings is 4. The number of anilines is 1. The van der Waals surface area contributed by atoms with Crippen molar-refractivity contribution in [2.45, 2.75) is 19.8 Å². The molecule has 6 heteroatoms. The van der Waals surface area contributed by atoms with E-state index in [1.165, 1.54) is 11.6 Å². The van der Waals surface area contributed by atoms with Crippen LogP contribution in [0.2, 0.25) is 5.02 Å². The van der Waals surface area contributed by atoms with Gasteiger partial charge in [0, 0.05) is 21.8 Å². The minimum Gasteiger partial charge on any atom is -0.321 e. The number of ketones is 1. The van der Waals surface area contributed by atoms with Crippen LogP contribution in [0.25, 0.3) is 12.2 Å². The summed E-state index contributed by atoms with van der Waals surface area (Å²) in [5, 5.41) is 5.99. The summed E-state index contributed by atoms with van der Waals surface area (Å²) in [5.41, 5.74) is 4.25. The molecule has 200 valence electrons. The van der Waals surface area contributed by atoms with Gasteiger partial charge in [0.25, 0.3) is 11.8 Å². The molecule has 4 aromatic rings. The maximum absolute atomic E-state index is 13.2. The molecule has 0 unspecified atom stereocenters. The highest BCUT2D eigenvalue weighted by atomic mass is 35.5.